The Morgan fingerprint density at radius 3 is 2.53 bits per heavy atom. The summed E-state index contributed by atoms with van der Waals surface area (Å²) < 4.78 is 5.18. The zero-order chi connectivity index (χ0) is 14.3. The van der Waals surface area contributed by atoms with Crippen LogP contribution in [0, 0.1) is 0 Å². The van der Waals surface area contributed by atoms with E-state index in [1.807, 2.05) is 58.0 Å². The molecule has 0 saturated heterocycles. The van der Waals surface area contributed by atoms with Crippen LogP contribution < -0.4 is 5.32 Å². The minimum atomic E-state index is -0.662. The number of nitrogens with one attached hydrogen (secondary N) is 1. The number of rotatable bonds is 7. The number of ether oxygens (including phenoxy) is 1. The SMILES string of the molecule is CCOC(=O)C(C)(CSc1ccccc1)NC(C)C. The number of benzene rings is 1. The van der Waals surface area contributed by atoms with Gasteiger partial charge < -0.3 is 4.74 Å². The highest BCUT2D eigenvalue weighted by Gasteiger charge is 2.35. The van der Waals surface area contributed by atoms with Gasteiger partial charge in [-0.15, -0.1) is 11.8 Å². The van der Waals surface area contributed by atoms with Gasteiger partial charge in [-0.05, 0) is 39.8 Å². The molecule has 0 radical (unpaired) electrons. The summed E-state index contributed by atoms with van der Waals surface area (Å²) in [6.45, 7) is 8.21. The lowest BCUT2D eigenvalue weighted by molar-refractivity contribution is -0.149. The summed E-state index contributed by atoms with van der Waals surface area (Å²) in [5.74, 6) is 0.459. The van der Waals surface area contributed by atoms with Crippen LogP contribution in [0.2, 0.25) is 0 Å². The monoisotopic (exact) mass is 281 g/mol. The molecule has 0 amide bonds. The Bertz CT molecular complexity index is 394. The van der Waals surface area contributed by atoms with Crippen LogP contribution in [0.15, 0.2) is 35.2 Å². The van der Waals surface area contributed by atoms with Crippen molar-refractivity contribution in [3.63, 3.8) is 0 Å². The molecule has 0 aliphatic heterocycles. The third-order valence-electron chi connectivity index (χ3n) is 2.60. The van der Waals surface area contributed by atoms with Gasteiger partial charge in [0.1, 0.15) is 5.54 Å². The highest BCUT2D eigenvalue weighted by atomic mass is 32.2. The van der Waals surface area contributed by atoms with Crippen molar-refractivity contribution in [3.8, 4) is 0 Å². The first kappa shape index (κ1) is 16.1. The Morgan fingerprint density at radius 2 is 2.00 bits per heavy atom. The third kappa shape index (κ3) is 5.25. The van der Waals surface area contributed by atoms with Crippen LogP contribution >= 0.6 is 11.8 Å². The summed E-state index contributed by atoms with van der Waals surface area (Å²) in [5.41, 5.74) is -0.662. The van der Waals surface area contributed by atoms with E-state index in [1.54, 1.807) is 11.8 Å². The van der Waals surface area contributed by atoms with Gasteiger partial charge in [0.25, 0.3) is 0 Å². The fraction of sp³-hybridized carbons (Fsp3) is 0.533. The lowest BCUT2D eigenvalue weighted by Crippen LogP contribution is -2.55. The molecule has 1 aromatic rings. The predicted molar refractivity (Wildman–Crippen MR) is 80.5 cm³/mol. The summed E-state index contributed by atoms with van der Waals surface area (Å²) in [6.07, 6.45) is 0. The standard InChI is InChI=1S/C15H23NO2S/c1-5-18-14(17)15(4,16-12(2)3)11-19-13-9-7-6-8-10-13/h6-10,12,16H,5,11H2,1-4H3. The number of carbonyl (C=O) groups excluding carboxylic acids is 1. The molecule has 4 heteroatoms. The van der Waals surface area contributed by atoms with E-state index in [1.165, 1.54) is 0 Å². The molecule has 0 fully saturated rings. The summed E-state index contributed by atoms with van der Waals surface area (Å²) >= 11 is 1.66. The van der Waals surface area contributed by atoms with Gasteiger partial charge in [-0.2, -0.15) is 0 Å². The molecule has 1 aromatic carbocycles. The molecule has 0 spiro atoms. The van der Waals surface area contributed by atoms with Crippen LogP contribution in [0.5, 0.6) is 0 Å². The van der Waals surface area contributed by atoms with E-state index in [0.717, 1.165) is 4.90 Å². The minimum Gasteiger partial charge on any atom is -0.465 e. The Kier molecular flexibility index (Phi) is 6.38. The maximum absolute atomic E-state index is 12.1. The van der Waals surface area contributed by atoms with Gasteiger partial charge in [0.15, 0.2) is 0 Å². The second-order valence-electron chi connectivity index (χ2n) is 4.95. The van der Waals surface area contributed by atoms with Crippen molar-refractivity contribution in [1.82, 2.24) is 5.32 Å². The molecule has 0 heterocycles. The smallest absolute Gasteiger partial charge is 0.326 e. The lowest BCUT2D eigenvalue weighted by Gasteiger charge is -2.30. The molecule has 3 nitrogen and oxygen atoms in total. The number of esters is 1. The second kappa shape index (κ2) is 7.56. The van der Waals surface area contributed by atoms with Crippen LogP contribution in [0.3, 0.4) is 0 Å². The molecule has 106 valence electrons. The largest absolute Gasteiger partial charge is 0.465 e. The van der Waals surface area contributed by atoms with Crippen LogP contribution in [0.25, 0.3) is 0 Å². The summed E-state index contributed by atoms with van der Waals surface area (Å²) in [4.78, 5) is 13.3. The van der Waals surface area contributed by atoms with Crippen LogP contribution in [0.4, 0.5) is 0 Å². The topological polar surface area (TPSA) is 38.3 Å². The van der Waals surface area contributed by atoms with Gasteiger partial charge in [-0.1, -0.05) is 18.2 Å². The van der Waals surface area contributed by atoms with Crippen molar-refractivity contribution in [2.24, 2.45) is 0 Å². The molecular formula is C15H23NO2S. The van der Waals surface area contributed by atoms with Gasteiger partial charge >= 0.3 is 5.97 Å². The Balaban J connectivity index is 2.71. The molecular weight excluding hydrogens is 258 g/mol. The van der Waals surface area contributed by atoms with Crippen molar-refractivity contribution in [2.75, 3.05) is 12.4 Å². The molecule has 1 N–H and O–H groups in total. The average molecular weight is 281 g/mol. The molecule has 0 aliphatic carbocycles. The number of thioether (sulfide) groups is 1. The lowest BCUT2D eigenvalue weighted by atomic mass is 10.0. The molecule has 0 aromatic heterocycles. The van der Waals surface area contributed by atoms with E-state index in [4.69, 9.17) is 4.74 Å². The van der Waals surface area contributed by atoms with E-state index >= 15 is 0 Å². The van der Waals surface area contributed by atoms with E-state index in [9.17, 15) is 4.79 Å². The zero-order valence-corrected chi connectivity index (χ0v) is 12.9. The minimum absolute atomic E-state index is 0.188. The van der Waals surface area contributed by atoms with Crippen LogP contribution in [0.1, 0.15) is 27.7 Å². The van der Waals surface area contributed by atoms with E-state index in [0.29, 0.717) is 12.4 Å². The molecule has 1 atom stereocenters. The molecule has 0 bridgehead atoms. The van der Waals surface area contributed by atoms with Crippen molar-refractivity contribution in [1.29, 1.82) is 0 Å². The highest BCUT2D eigenvalue weighted by Crippen LogP contribution is 2.23. The van der Waals surface area contributed by atoms with E-state index in [2.05, 4.69) is 5.32 Å². The fourth-order valence-electron chi connectivity index (χ4n) is 1.83. The van der Waals surface area contributed by atoms with Crippen molar-refractivity contribution in [3.05, 3.63) is 30.3 Å². The number of hydrogen-bond donors (Lipinski definition) is 1. The van der Waals surface area contributed by atoms with Gasteiger partial charge in [-0.3, -0.25) is 10.1 Å². The summed E-state index contributed by atoms with van der Waals surface area (Å²) in [6, 6.07) is 10.3. The Labute approximate surface area is 120 Å². The van der Waals surface area contributed by atoms with Crippen molar-refractivity contribution >= 4 is 17.7 Å². The van der Waals surface area contributed by atoms with Crippen molar-refractivity contribution in [2.45, 2.75) is 44.2 Å². The average Bonchev–Trinajstić information content (AvgIpc) is 2.37. The molecule has 0 aliphatic rings. The van der Waals surface area contributed by atoms with Gasteiger partial charge in [0.2, 0.25) is 0 Å². The second-order valence-corrected chi connectivity index (χ2v) is 6.00. The number of carbonyl (C=O) groups is 1. The van der Waals surface area contributed by atoms with Gasteiger partial charge in [0, 0.05) is 16.7 Å². The number of hydrogen-bond acceptors (Lipinski definition) is 4. The van der Waals surface area contributed by atoms with Crippen LogP contribution in [-0.2, 0) is 9.53 Å². The molecule has 1 unspecified atom stereocenters. The van der Waals surface area contributed by atoms with Gasteiger partial charge in [-0.25, -0.2) is 0 Å². The van der Waals surface area contributed by atoms with Gasteiger partial charge in [0.05, 0.1) is 6.61 Å². The van der Waals surface area contributed by atoms with Crippen molar-refractivity contribution < 1.29 is 9.53 Å². The Hall–Kier alpha value is -1.00. The maximum atomic E-state index is 12.1. The highest BCUT2D eigenvalue weighted by molar-refractivity contribution is 7.99. The predicted octanol–water partition coefficient (Wildman–Crippen LogP) is 3.10. The first-order valence-electron chi connectivity index (χ1n) is 6.60. The zero-order valence-electron chi connectivity index (χ0n) is 12.1. The molecule has 0 saturated carbocycles. The van der Waals surface area contributed by atoms with Crippen LogP contribution in [-0.4, -0.2) is 29.9 Å². The molecule has 1 rings (SSSR count). The van der Waals surface area contributed by atoms with E-state index in [-0.39, 0.29) is 12.0 Å². The first-order chi connectivity index (χ1) is 8.98. The first-order valence-corrected chi connectivity index (χ1v) is 7.59. The normalized spacial score (nSPS) is 14.2. The quantitative estimate of drug-likeness (QED) is 0.615. The Morgan fingerprint density at radius 1 is 1.37 bits per heavy atom. The molecule has 19 heavy (non-hydrogen) atoms. The summed E-state index contributed by atoms with van der Waals surface area (Å²) in [5, 5.41) is 3.32. The third-order valence-corrected chi connectivity index (χ3v) is 3.93. The van der Waals surface area contributed by atoms with E-state index < -0.39 is 5.54 Å². The summed E-state index contributed by atoms with van der Waals surface area (Å²) in [7, 11) is 0. The fourth-order valence-corrected chi connectivity index (χ4v) is 2.84. The maximum Gasteiger partial charge on any atom is 0.326 e.